The van der Waals surface area contributed by atoms with Gasteiger partial charge in [0.2, 0.25) is 5.91 Å². The highest BCUT2D eigenvalue weighted by Gasteiger charge is 2.38. The minimum Gasteiger partial charge on any atom is -0.479 e. The molecular weight excluding hydrogens is 262 g/mol. The summed E-state index contributed by atoms with van der Waals surface area (Å²) in [5.74, 6) is -1.41. The monoisotopic (exact) mass is 277 g/mol. The van der Waals surface area contributed by atoms with Crippen LogP contribution >= 0.6 is 0 Å². The lowest BCUT2D eigenvalue weighted by atomic mass is 10.1. The second-order valence-electron chi connectivity index (χ2n) is 4.59. The molecule has 18 heavy (non-hydrogen) atoms. The van der Waals surface area contributed by atoms with Crippen LogP contribution in [-0.2, 0) is 24.2 Å². The third kappa shape index (κ3) is 2.81. The molecule has 0 saturated carbocycles. The number of carbonyl (C=O) groups is 2. The number of aliphatic carboxylic acids is 1. The number of amides is 1. The second kappa shape index (κ2) is 4.85. The summed E-state index contributed by atoms with van der Waals surface area (Å²) in [4.78, 5) is 23.9. The first-order valence-corrected chi connectivity index (χ1v) is 7.55. The minimum atomic E-state index is -3.12. The average molecular weight is 277 g/mol. The van der Waals surface area contributed by atoms with E-state index < -0.39 is 28.0 Å². The smallest absolute Gasteiger partial charge is 0.334 e. The van der Waals surface area contributed by atoms with Crippen LogP contribution in [0.25, 0.3) is 0 Å². The number of morpholine rings is 1. The molecule has 0 aliphatic carbocycles. The number of rotatable bonds is 2. The van der Waals surface area contributed by atoms with Gasteiger partial charge in [-0.1, -0.05) is 0 Å². The predicted octanol–water partition coefficient (Wildman–Crippen LogP) is -1.12. The van der Waals surface area contributed by atoms with Gasteiger partial charge in [0.1, 0.15) is 6.61 Å². The van der Waals surface area contributed by atoms with E-state index in [9.17, 15) is 18.0 Å². The van der Waals surface area contributed by atoms with E-state index in [1.807, 2.05) is 0 Å². The summed E-state index contributed by atoms with van der Waals surface area (Å²) in [5, 5.41) is 8.86. The highest BCUT2D eigenvalue weighted by atomic mass is 32.2. The van der Waals surface area contributed by atoms with E-state index in [0.717, 1.165) is 0 Å². The van der Waals surface area contributed by atoms with E-state index in [1.54, 1.807) is 0 Å². The predicted molar refractivity (Wildman–Crippen MR) is 60.8 cm³/mol. The Kier molecular flexibility index (Phi) is 3.58. The molecule has 0 aromatic heterocycles. The Morgan fingerprint density at radius 1 is 1.44 bits per heavy atom. The van der Waals surface area contributed by atoms with Crippen LogP contribution in [-0.4, -0.2) is 67.1 Å². The third-order valence-electron chi connectivity index (χ3n) is 3.25. The molecule has 2 heterocycles. The van der Waals surface area contributed by atoms with Gasteiger partial charge >= 0.3 is 5.97 Å². The van der Waals surface area contributed by atoms with Gasteiger partial charge in [0.05, 0.1) is 18.1 Å². The molecule has 7 nitrogen and oxygen atoms in total. The van der Waals surface area contributed by atoms with Gasteiger partial charge in [-0.25, -0.2) is 13.2 Å². The summed E-state index contributed by atoms with van der Waals surface area (Å²) in [7, 11) is -3.12. The molecule has 0 radical (unpaired) electrons. The fourth-order valence-corrected chi connectivity index (χ4v) is 4.04. The van der Waals surface area contributed by atoms with Gasteiger partial charge in [-0.2, -0.15) is 0 Å². The molecule has 2 aliphatic rings. The Labute approximate surface area is 105 Å². The molecule has 8 heteroatoms. The standard InChI is InChI=1S/C10H15NO6S/c12-9-5-17-8(10(13)14)4-11(9)7-2-1-3-18(15,16)6-7/h7-8H,1-6H2,(H,13,14). The molecule has 0 aromatic rings. The molecule has 1 amide bonds. The Balaban J connectivity index is 2.10. The average Bonchev–Trinajstić information content (AvgIpc) is 2.27. The Bertz CT molecular complexity index is 459. The van der Waals surface area contributed by atoms with Crippen molar-refractivity contribution in [1.29, 1.82) is 0 Å². The maximum atomic E-state index is 11.7. The first-order valence-electron chi connectivity index (χ1n) is 5.73. The lowest BCUT2D eigenvalue weighted by Crippen LogP contribution is -2.56. The van der Waals surface area contributed by atoms with Crippen molar-refractivity contribution in [3.05, 3.63) is 0 Å². The van der Waals surface area contributed by atoms with Crippen molar-refractivity contribution in [3.8, 4) is 0 Å². The van der Waals surface area contributed by atoms with Crippen LogP contribution in [0.2, 0.25) is 0 Å². The highest BCUT2D eigenvalue weighted by molar-refractivity contribution is 7.91. The molecule has 2 unspecified atom stereocenters. The van der Waals surface area contributed by atoms with Crippen LogP contribution in [0.3, 0.4) is 0 Å². The van der Waals surface area contributed by atoms with Gasteiger partial charge in [0.25, 0.3) is 0 Å². The molecule has 2 atom stereocenters. The second-order valence-corrected chi connectivity index (χ2v) is 6.82. The maximum absolute atomic E-state index is 11.7. The number of carboxylic acids is 1. The van der Waals surface area contributed by atoms with Crippen LogP contribution in [0.4, 0.5) is 0 Å². The quantitative estimate of drug-likeness (QED) is 0.686. The number of hydrogen-bond donors (Lipinski definition) is 1. The largest absolute Gasteiger partial charge is 0.479 e. The number of hydrogen-bond acceptors (Lipinski definition) is 5. The first-order chi connectivity index (χ1) is 8.39. The van der Waals surface area contributed by atoms with Crippen LogP contribution in [0, 0.1) is 0 Å². The number of carbonyl (C=O) groups excluding carboxylic acids is 1. The minimum absolute atomic E-state index is 0.0750. The van der Waals surface area contributed by atoms with Gasteiger partial charge in [-0.3, -0.25) is 4.79 Å². The van der Waals surface area contributed by atoms with E-state index in [4.69, 9.17) is 9.84 Å². The lowest BCUT2D eigenvalue weighted by molar-refractivity contribution is -0.166. The molecule has 0 spiro atoms. The number of nitrogens with zero attached hydrogens (tertiary/aromatic N) is 1. The zero-order valence-corrected chi connectivity index (χ0v) is 10.6. The first kappa shape index (κ1) is 13.3. The summed E-state index contributed by atoms with van der Waals surface area (Å²) >= 11 is 0. The van der Waals surface area contributed by atoms with Gasteiger partial charge < -0.3 is 14.7 Å². The van der Waals surface area contributed by atoms with Gasteiger partial charge in [0, 0.05) is 6.04 Å². The van der Waals surface area contributed by atoms with Gasteiger partial charge in [-0.05, 0) is 12.8 Å². The number of carboxylic acid groups (broad SMARTS) is 1. The molecule has 102 valence electrons. The SMILES string of the molecule is O=C(O)C1CN(C2CCCS(=O)(=O)C2)C(=O)CO1. The van der Waals surface area contributed by atoms with E-state index in [2.05, 4.69) is 0 Å². The maximum Gasteiger partial charge on any atom is 0.334 e. The summed E-state index contributed by atoms with van der Waals surface area (Å²) in [6, 6.07) is -0.415. The molecule has 0 aromatic carbocycles. The zero-order chi connectivity index (χ0) is 13.3. The Morgan fingerprint density at radius 2 is 2.17 bits per heavy atom. The molecule has 2 fully saturated rings. The molecule has 2 rings (SSSR count). The fourth-order valence-electron chi connectivity index (χ4n) is 2.33. The molecule has 2 saturated heterocycles. The van der Waals surface area contributed by atoms with Gasteiger partial charge in [-0.15, -0.1) is 0 Å². The molecule has 1 N–H and O–H groups in total. The Hall–Kier alpha value is -1.15. The van der Waals surface area contributed by atoms with E-state index in [-0.39, 0.29) is 30.6 Å². The van der Waals surface area contributed by atoms with Crippen molar-refractivity contribution in [1.82, 2.24) is 4.90 Å². The number of ether oxygens (including phenoxy) is 1. The van der Waals surface area contributed by atoms with Crippen molar-refractivity contribution in [2.24, 2.45) is 0 Å². The lowest BCUT2D eigenvalue weighted by Gasteiger charge is -2.38. The summed E-state index contributed by atoms with van der Waals surface area (Å²) in [5.41, 5.74) is 0. The topological polar surface area (TPSA) is 101 Å². The van der Waals surface area contributed by atoms with Crippen LogP contribution in [0.15, 0.2) is 0 Å². The Morgan fingerprint density at radius 3 is 2.78 bits per heavy atom. The van der Waals surface area contributed by atoms with Crippen LogP contribution in [0.1, 0.15) is 12.8 Å². The van der Waals surface area contributed by atoms with Crippen molar-refractivity contribution >= 4 is 21.7 Å². The summed E-state index contributed by atoms with van der Waals surface area (Å²) in [6.07, 6.45) is 0.0412. The molecule has 2 aliphatic heterocycles. The fraction of sp³-hybridized carbons (Fsp3) is 0.800. The number of sulfone groups is 1. The highest BCUT2D eigenvalue weighted by Crippen LogP contribution is 2.20. The van der Waals surface area contributed by atoms with Crippen molar-refractivity contribution < 1.29 is 27.9 Å². The van der Waals surface area contributed by atoms with E-state index in [1.165, 1.54) is 4.90 Å². The van der Waals surface area contributed by atoms with Gasteiger partial charge in [0.15, 0.2) is 15.9 Å². The normalized spacial score (nSPS) is 32.2. The summed E-state index contributed by atoms with van der Waals surface area (Å²) < 4.78 is 28.0. The van der Waals surface area contributed by atoms with Crippen molar-refractivity contribution in [2.45, 2.75) is 25.0 Å². The zero-order valence-electron chi connectivity index (χ0n) is 9.74. The third-order valence-corrected chi connectivity index (χ3v) is 5.05. The van der Waals surface area contributed by atoms with Crippen LogP contribution in [0.5, 0.6) is 0 Å². The van der Waals surface area contributed by atoms with Crippen molar-refractivity contribution in [2.75, 3.05) is 24.7 Å². The van der Waals surface area contributed by atoms with Crippen LogP contribution < -0.4 is 0 Å². The van der Waals surface area contributed by atoms with Crippen molar-refractivity contribution in [3.63, 3.8) is 0 Å². The molecule has 0 bridgehead atoms. The summed E-state index contributed by atoms with van der Waals surface area (Å²) in [6.45, 7) is -0.373. The molecular formula is C10H15NO6S. The van der Waals surface area contributed by atoms with E-state index >= 15 is 0 Å². The van der Waals surface area contributed by atoms with E-state index in [0.29, 0.717) is 12.8 Å².